The molecule has 0 aliphatic heterocycles. The molecule has 0 radical (unpaired) electrons. The Labute approximate surface area is 224 Å². The monoisotopic (exact) mass is 525 g/mol. The standard InChI is InChI=1S/C29H39N3O6/c1-8-32(25(26(34)30-18-24(33)37-7)22-16-19(2)14-15-20(22)3)27(35)23(17-21-12-10-9-11-13-21)31-28(36)38-29(4,5)6/h9-16,23,25H,8,17-18H2,1-7H3,(H,30,34)(H,31,36). The number of likely N-dealkylation sites (N-methyl/N-ethyl adjacent to an activating group) is 1. The van der Waals surface area contributed by atoms with Crippen LogP contribution in [0.15, 0.2) is 48.5 Å². The lowest BCUT2D eigenvalue weighted by Crippen LogP contribution is -2.54. The first kappa shape index (κ1) is 30.3. The second kappa shape index (κ2) is 13.6. The van der Waals surface area contributed by atoms with Crippen molar-refractivity contribution in [3.05, 3.63) is 70.8 Å². The van der Waals surface area contributed by atoms with Crippen molar-refractivity contribution in [3.63, 3.8) is 0 Å². The first-order valence-corrected chi connectivity index (χ1v) is 12.6. The normalized spacial score (nSPS) is 12.6. The predicted molar refractivity (Wildman–Crippen MR) is 144 cm³/mol. The number of ether oxygens (including phenoxy) is 2. The summed E-state index contributed by atoms with van der Waals surface area (Å²) in [5, 5.41) is 5.30. The fourth-order valence-corrected chi connectivity index (χ4v) is 4.00. The van der Waals surface area contributed by atoms with Gasteiger partial charge in [-0.05, 0) is 58.2 Å². The summed E-state index contributed by atoms with van der Waals surface area (Å²) < 4.78 is 10.1. The van der Waals surface area contributed by atoms with Crippen molar-refractivity contribution in [1.29, 1.82) is 0 Å². The number of hydrogen-bond acceptors (Lipinski definition) is 6. The van der Waals surface area contributed by atoms with Gasteiger partial charge in [0.25, 0.3) is 0 Å². The molecule has 2 atom stereocenters. The van der Waals surface area contributed by atoms with Crippen molar-refractivity contribution < 1.29 is 28.7 Å². The molecule has 0 bridgehead atoms. The van der Waals surface area contributed by atoms with Crippen LogP contribution in [0.2, 0.25) is 0 Å². The Hall–Kier alpha value is -3.88. The minimum atomic E-state index is -1.05. The lowest BCUT2D eigenvalue weighted by Gasteiger charge is -2.34. The van der Waals surface area contributed by atoms with Crippen LogP contribution in [-0.4, -0.2) is 60.6 Å². The summed E-state index contributed by atoms with van der Waals surface area (Å²) in [5.41, 5.74) is 2.41. The van der Waals surface area contributed by atoms with Crippen molar-refractivity contribution in [2.75, 3.05) is 20.2 Å². The Bertz CT molecular complexity index is 1130. The first-order chi connectivity index (χ1) is 17.9. The third-order valence-corrected chi connectivity index (χ3v) is 5.82. The molecular formula is C29H39N3O6. The SMILES string of the molecule is CCN(C(=O)C(Cc1ccccc1)NC(=O)OC(C)(C)C)C(C(=O)NCC(=O)OC)c1cc(C)ccc1C. The molecule has 0 fully saturated rings. The zero-order valence-electron chi connectivity index (χ0n) is 23.3. The molecule has 0 aromatic heterocycles. The van der Waals surface area contributed by atoms with Crippen molar-refractivity contribution in [2.45, 2.75) is 65.6 Å². The number of esters is 1. The summed E-state index contributed by atoms with van der Waals surface area (Å²) in [6.45, 7) is 10.6. The average molecular weight is 526 g/mol. The van der Waals surface area contributed by atoms with E-state index in [0.717, 1.165) is 16.7 Å². The van der Waals surface area contributed by atoms with Gasteiger partial charge >= 0.3 is 12.1 Å². The third-order valence-electron chi connectivity index (χ3n) is 5.82. The largest absolute Gasteiger partial charge is 0.468 e. The number of aryl methyl sites for hydroxylation is 2. The van der Waals surface area contributed by atoms with Crippen LogP contribution in [0.25, 0.3) is 0 Å². The van der Waals surface area contributed by atoms with Crippen LogP contribution < -0.4 is 10.6 Å². The van der Waals surface area contributed by atoms with Crippen LogP contribution in [0.1, 0.15) is 56.0 Å². The first-order valence-electron chi connectivity index (χ1n) is 12.6. The Morgan fingerprint density at radius 3 is 2.24 bits per heavy atom. The molecule has 9 nitrogen and oxygen atoms in total. The topological polar surface area (TPSA) is 114 Å². The van der Waals surface area contributed by atoms with E-state index in [0.29, 0.717) is 5.56 Å². The van der Waals surface area contributed by atoms with Gasteiger partial charge in [-0.25, -0.2) is 4.79 Å². The molecule has 9 heteroatoms. The number of hydrogen-bond donors (Lipinski definition) is 2. The molecule has 0 aliphatic rings. The van der Waals surface area contributed by atoms with Crippen LogP contribution in [0, 0.1) is 13.8 Å². The summed E-state index contributed by atoms with van der Waals surface area (Å²) in [6.07, 6.45) is -0.542. The number of nitrogens with one attached hydrogen (secondary N) is 2. The molecule has 0 saturated heterocycles. The third kappa shape index (κ3) is 8.90. The van der Waals surface area contributed by atoms with Gasteiger partial charge in [-0.15, -0.1) is 0 Å². The van der Waals surface area contributed by atoms with E-state index >= 15 is 0 Å². The van der Waals surface area contributed by atoms with Gasteiger partial charge < -0.3 is 25.0 Å². The summed E-state index contributed by atoms with van der Waals surface area (Å²) >= 11 is 0. The number of alkyl carbamates (subject to hydrolysis) is 1. The van der Waals surface area contributed by atoms with E-state index in [2.05, 4.69) is 15.4 Å². The molecule has 3 amide bonds. The fraction of sp³-hybridized carbons (Fsp3) is 0.448. The van der Waals surface area contributed by atoms with Gasteiger partial charge in [0.15, 0.2) is 0 Å². The number of carbonyl (C=O) groups is 4. The summed E-state index contributed by atoms with van der Waals surface area (Å²) in [4.78, 5) is 53.4. The van der Waals surface area contributed by atoms with Gasteiger partial charge in [0.1, 0.15) is 24.2 Å². The molecule has 0 saturated carbocycles. The molecule has 2 rings (SSSR count). The van der Waals surface area contributed by atoms with Crippen LogP contribution in [0.5, 0.6) is 0 Å². The molecule has 38 heavy (non-hydrogen) atoms. The Kier molecular flexibility index (Phi) is 10.9. The number of amides is 3. The molecule has 2 unspecified atom stereocenters. The second-order valence-electron chi connectivity index (χ2n) is 10.1. The van der Waals surface area contributed by atoms with E-state index in [-0.39, 0.29) is 19.5 Å². The molecule has 206 valence electrons. The lowest BCUT2D eigenvalue weighted by molar-refractivity contribution is -0.144. The zero-order chi connectivity index (χ0) is 28.5. The average Bonchev–Trinajstić information content (AvgIpc) is 2.85. The molecule has 0 spiro atoms. The maximum absolute atomic E-state index is 14.1. The number of carbonyl (C=O) groups excluding carboxylic acids is 4. The van der Waals surface area contributed by atoms with Crippen LogP contribution >= 0.6 is 0 Å². The zero-order valence-corrected chi connectivity index (χ0v) is 23.3. The molecule has 2 N–H and O–H groups in total. The smallest absolute Gasteiger partial charge is 0.408 e. The van der Waals surface area contributed by atoms with E-state index < -0.39 is 41.6 Å². The van der Waals surface area contributed by atoms with Gasteiger partial charge in [-0.1, -0.05) is 54.1 Å². The minimum Gasteiger partial charge on any atom is -0.468 e. The van der Waals surface area contributed by atoms with Crippen molar-refractivity contribution >= 4 is 23.9 Å². The number of benzene rings is 2. The van der Waals surface area contributed by atoms with Crippen LogP contribution in [-0.2, 0) is 30.3 Å². The highest BCUT2D eigenvalue weighted by Crippen LogP contribution is 2.27. The van der Waals surface area contributed by atoms with E-state index in [1.165, 1.54) is 12.0 Å². The maximum Gasteiger partial charge on any atom is 0.408 e. The fourth-order valence-electron chi connectivity index (χ4n) is 4.00. The summed E-state index contributed by atoms with van der Waals surface area (Å²) in [5.74, 6) is -1.60. The summed E-state index contributed by atoms with van der Waals surface area (Å²) in [7, 11) is 1.23. The number of rotatable bonds is 10. The molecular weight excluding hydrogens is 486 g/mol. The predicted octanol–water partition coefficient (Wildman–Crippen LogP) is 3.62. The van der Waals surface area contributed by atoms with Crippen molar-refractivity contribution in [3.8, 4) is 0 Å². The van der Waals surface area contributed by atoms with E-state index in [9.17, 15) is 19.2 Å². The highest BCUT2D eigenvalue weighted by atomic mass is 16.6. The van der Waals surface area contributed by atoms with Gasteiger partial charge in [0, 0.05) is 13.0 Å². The van der Waals surface area contributed by atoms with Gasteiger partial charge in [-0.3, -0.25) is 14.4 Å². The van der Waals surface area contributed by atoms with E-state index in [1.807, 2.05) is 62.4 Å². The quantitative estimate of drug-likeness (QED) is 0.458. The maximum atomic E-state index is 14.1. The molecule has 0 heterocycles. The highest BCUT2D eigenvalue weighted by Gasteiger charge is 2.36. The second-order valence-corrected chi connectivity index (χ2v) is 10.1. The molecule has 2 aromatic carbocycles. The number of methoxy groups -OCH3 is 1. The van der Waals surface area contributed by atoms with E-state index in [4.69, 9.17) is 4.74 Å². The summed E-state index contributed by atoms with van der Waals surface area (Å²) in [6, 6.07) is 12.9. The minimum absolute atomic E-state index is 0.170. The number of nitrogens with zero attached hydrogens (tertiary/aromatic N) is 1. The molecule has 2 aromatic rings. The Balaban J connectivity index is 2.50. The van der Waals surface area contributed by atoms with Gasteiger partial charge in [0.05, 0.1) is 7.11 Å². The Morgan fingerprint density at radius 2 is 1.66 bits per heavy atom. The van der Waals surface area contributed by atoms with Gasteiger partial charge in [-0.2, -0.15) is 0 Å². The van der Waals surface area contributed by atoms with Crippen LogP contribution in [0.3, 0.4) is 0 Å². The Morgan fingerprint density at radius 1 is 1.00 bits per heavy atom. The van der Waals surface area contributed by atoms with Gasteiger partial charge in [0.2, 0.25) is 11.8 Å². The van der Waals surface area contributed by atoms with Crippen LogP contribution in [0.4, 0.5) is 4.79 Å². The molecule has 0 aliphatic carbocycles. The van der Waals surface area contributed by atoms with E-state index in [1.54, 1.807) is 27.7 Å². The highest BCUT2D eigenvalue weighted by molar-refractivity contribution is 5.93. The van der Waals surface area contributed by atoms with Crippen molar-refractivity contribution in [2.24, 2.45) is 0 Å². The van der Waals surface area contributed by atoms with Crippen molar-refractivity contribution in [1.82, 2.24) is 15.5 Å². The lowest BCUT2D eigenvalue weighted by atomic mass is 9.95.